The molecule has 1 unspecified atom stereocenters. The van der Waals surface area contributed by atoms with Gasteiger partial charge in [-0.1, -0.05) is 50.2 Å². The number of Topliss-reactive ketones (excluding diaryl/α,β-unsaturated/α-hetero) is 1. The summed E-state index contributed by atoms with van der Waals surface area (Å²) in [6, 6.07) is 14.1. The van der Waals surface area contributed by atoms with Crippen molar-refractivity contribution in [2.45, 2.75) is 38.8 Å². The number of ketones is 1. The monoisotopic (exact) mass is 459 g/mol. The molecule has 1 N–H and O–H groups in total. The second-order valence-electron chi connectivity index (χ2n) is 8.70. The fourth-order valence-corrected chi connectivity index (χ4v) is 4.29. The average molecular weight is 460 g/mol. The van der Waals surface area contributed by atoms with Gasteiger partial charge in [-0.2, -0.15) is 0 Å². The first-order valence-corrected chi connectivity index (χ1v) is 11.4. The second-order valence-corrected chi connectivity index (χ2v) is 8.70. The Morgan fingerprint density at radius 1 is 1.12 bits per heavy atom. The van der Waals surface area contributed by atoms with E-state index in [-0.39, 0.29) is 11.3 Å². The SMILES string of the molecule is COc1cccc(/C(O)=C2\C(=O)C(=O)N(CCCn3ccnc3)C2c2ccc(C(C)C)cc2)c1. The largest absolute Gasteiger partial charge is 0.507 e. The predicted octanol–water partition coefficient (Wildman–Crippen LogP) is 4.53. The Bertz CT molecular complexity index is 1200. The van der Waals surface area contributed by atoms with Crippen LogP contribution in [0.5, 0.6) is 5.75 Å². The number of hydrogen-bond acceptors (Lipinski definition) is 5. The normalized spacial score (nSPS) is 17.5. The van der Waals surface area contributed by atoms with E-state index in [1.165, 1.54) is 7.11 Å². The lowest BCUT2D eigenvalue weighted by Gasteiger charge is -2.26. The van der Waals surface area contributed by atoms with Crippen LogP contribution in [-0.4, -0.2) is 44.9 Å². The summed E-state index contributed by atoms with van der Waals surface area (Å²) >= 11 is 0. The Labute approximate surface area is 199 Å². The summed E-state index contributed by atoms with van der Waals surface area (Å²) in [4.78, 5) is 31.9. The lowest BCUT2D eigenvalue weighted by atomic mass is 9.93. The molecule has 1 amide bonds. The van der Waals surface area contributed by atoms with Gasteiger partial charge in [0.1, 0.15) is 11.5 Å². The van der Waals surface area contributed by atoms with E-state index < -0.39 is 17.7 Å². The molecule has 3 aromatic rings. The Balaban J connectivity index is 1.74. The van der Waals surface area contributed by atoms with E-state index in [2.05, 4.69) is 18.8 Å². The van der Waals surface area contributed by atoms with Crippen molar-refractivity contribution in [3.8, 4) is 5.75 Å². The zero-order chi connectivity index (χ0) is 24.2. The Morgan fingerprint density at radius 3 is 2.53 bits per heavy atom. The van der Waals surface area contributed by atoms with Crippen molar-refractivity contribution in [3.63, 3.8) is 0 Å². The summed E-state index contributed by atoms with van der Waals surface area (Å²) in [6.07, 6.45) is 5.93. The molecule has 1 aliphatic heterocycles. The minimum absolute atomic E-state index is 0.0955. The number of carbonyl (C=O) groups is 2. The number of aliphatic hydroxyl groups is 1. The number of aliphatic hydroxyl groups excluding tert-OH is 1. The summed E-state index contributed by atoms with van der Waals surface area (Å²) in [5, 5.41) is 11.2. The minimum atomic E-state index is -0.680. The molecular weight excluding hydrogens is 430 g/mol. The molecule has 1 aromatic heterocycles. The average Bonchev–Trinajstić information content (AvgIpc) is 3.46. The van der Waals surface area contributed by atoms with Gasteiger partial charge in [-0.3, -0.25) is 9.59 Å². The smallest absolute Gasteiger partial charge is 0.295 e. The standard InChI is InChI=1S/C27H29N3O4/c1-18(2)19-8-10-20(11-9-19)24-23(25(31)21-6-4-7-22(16-21)34-3)26(32)27(33)30(24)14-5-13-29-15-12-28-17-29/h4,6-12,15-18,24,31H,5,13-14H2,1-3H3/b25-23+. The number of rotatable bonds is 8. The fraction of sp³-hybridized carbons (Fsp3) is 0.296. The Kier molecular flexibility index (Phi) is 6.82. The first kappa shape index (κ1) is 23.3. The van der Waals surface area contributed by atoms with Crippen LogP contribution in [0.1, 0.15) is 48.9 Å². The minimum Gasteiger partial charge on any atom is -0.507 e. The molecule has 1 atom stereocenters. The highest BCUT2D eigenvalue weighted by molar-refractivity contribution is 6.46. The van der Waals surface area contributed by atoms with E-state index in [1.54, 1.807) is 41.7 Å². The first-order chi connectivity index (χ1) is 16.4. The van der Waals surface area contributed by atoms with Gasteiger partial charge in [-0.15, -0.1) is 0 Å². The van der Waals surface area contributed by atoms with Crippen molar-refractivity contribution < 1.29 is 19.4 Å². The molecule has 1 saturated heterocycles. The zero-order valence-corrected chi connectivity index (χ0v) is 19.6. The lowest BCUT2D eigenvalue weighted by molar-refractivity contribution is -0.139. The molecule has 4 rings (SSSR count). The quantitative estimate of drug-likeness (QED) is 0.304. The van der Waals surface area contributed by atoms with Crippen LogP contribution in [0.25, 0.3) is 5.76 Å². The molecule has 2 aromatic carbocycles. The van der Waals surface area contributed by atoms with Crippen molar-refractivity contribution in [3.05, 3.63) is 89.5 Å². The molecule has 0 saturated carbocycles. The molecule has 0 aliphatic carbocycles. The molecular formula is C27H29N3O4. The van der Waals surface area contributed by atoms with E-state index in [4.69, 9.17) is 4.74 Å². The molecule has 7 heteroatoms. The summed E-state index contributed by atoms with van der Waals surface area (Å²) in [5.41, 5.74) is 2.47. The van der Waals surface area contributed by atoms with Crippen LogP contribution in [0.2, 0.25) is 0 Å². The summed E-state index contributed by atoms with van der Waals surface area (Å²) in [7, 11) is 1.54. The van der Waals surface area contributed by atoms with Gasteiger partial charge in [0.2, 0.25) is 0 Å². The van der Waals surface area contributed by atoms with E-state index in [0.717, 1.165) is 11.1 Å². The van der Waals surface area contributed by atoms with Gasteiger partial charge in [0, 0.05) is 31.0 Å². The van der Waals surface area contributed by atoms with Crippen molar-refractivity contribution in [1.29, 1.82) is 0 Å². The third-order valence-electron chi connectivity index (χ3n) is 6.18. The van der Waals surface area contributed by atoms with Gasteiger partial charge in [-0.25, -0.2) is 4.98 Å². The fourth-order valence-electron chi connectivity index (χ4n) is 4.29. The number of aromatic nitrogens is 2. The predicted molar refractivity (Wildman–Crippen MR) is 129 cm³/mol. The summed E-state index contributed by atoms with van der Waals surface area (Å²) in [6.45, 7) is 5.26. The maximum absolute atomic E-state index is 13.2. The van der Waals surface area contributed by atoms with Crippen LogP contribution in [0.4, 0.5) is 0 Å². The highest BCUT2D eigenvalue weighted by Gasteiger charge is 2.45. The van der Waals surface area contributed by atoms with Crippen LogP contribution in [0.15, 0.2) is 72.8 Å². The number of aryl methyl sites for hydroxylation is 1. The van der Waals surface area contributed by atoms with Gasteiger partial charge in [0.15, 0.2) is 0 Å². The third-order valence-corrected chi connectivity index (χ3v) is 6.18. The van der Waals surface area contributed by atoms with Crippen LogP contribution in [-0.2, 0) is 16.1 Å². The van der Waals surface area contributed by atoms with Gasteiger partial charge in [0.05, 0.1) is 25.1 Å². The number of hydrogen-bond donors (Lipinski definition) is 1. The number of nitrogens with zero attached hydrogens (tertiary/aromatic N) is 3. The number of amides is 1. The van der Waals surface area contributed by atoms with Gasteiger partial charge < -0.3 is 19.3 Å². The number of benzene rings is 2. The molecule has 1 fully saturated rings. The molecule has 0 radical (unpaired) electrons. The maximum Gasteiger partial charge on any atom is 0.295 e. The molecule has 0 bridgehead atoms. The van der Waals surface area contributed by atoms with E-state index >= 15 is 0 Å². The highest BCUT2D eigenvalue weighted by Crippen LogP contribution is 2.40. The molecule has 176 valence electrons. The van der Waals surface area contributed by atoms with Crippen LogP contribution in [0, 0.1) is 0 Å². The van der Waals surface area contributed by atoms with E-state index in [0.29, 0.717) is 36.7 Å². The number of ether oxygens (including phenoxy) is 1. The van der Waals surface area contributed by atoms with Crippen LogP contribution >= 0.6 is 0 Å². The van der Waals surface area contributed by atoms with Crippen molar-refractivity contribution in [1.82, 2.24) is 14.5 Å². The second kappa shape index (κ2) is 9.95. The first-order valence-electron chi connectivity index (χ1n) is 11.4. The number of likely N-dealkylation sites (tertiary alicyclic amines) is 1. The number of methoxy groups -OCH3 is 1. The van der Waals surface area contributed by atoms with E-state index in [9.17, 15) is 14.7 Å². The maximum atomic E-state index is 13.2. The Morgan fingerprint density at radius 2 is 1.88 bits per heavy atom. The van der Waals surface area contributed by atoms with Crippen LogP contribution in [0.3, 0.4) is 0 Å². The molecule has 34 heavy (non-hydrogen) atoms. The molecule has 0 spiro atoms. The van der Waals surface area contributed by atoms with Gasteiger partial charge in [0.25, 0.3) is 11.7 Å². The number of carbonyl (C=O) groups excluding carboxylic acids is 2. The van der Waals surface area contributed by atoms with Gasteiger partial charge >= 0.3 is 0 Å². The van der Waals surface area contributed by atoms with Crippen LogP contribution < -0.4 is 4.74 Å². The molecule has 2 heterocycles. The molecule has 7 nitrogen and oxygen atoms in total. The number of imidazole rings is 1. The lowest BCUT2D eigenvalue weighted by Crippen LogP contribution is -2.31. The van der Waals surface area contributed by atoms with Gasteiger partial charge in [-0.05, 0) is 35.6 Å². The highest BCUT2D eigenvalue weighted by atomic mass is 16.5. The Hall–Kier alpha value is -3.87. The zero-order valence-electron chi connectivity index (χ0n) is 19.6. The van der Waals surface area contributed by atoms with Crippen molar-refractivity contribution in [2.75, 3.05) is 13.7 Å². The molecule has 1 aliphatic rings. The summed E-state index contributed by atoms with van der Waals surface area (Å²) < 4.78 is 7.20. The topological polar surface area (TPSA) is 84.7 Å². The summed E-state index contributed by atoms with van der Waals surface area (Å²) in [5.74, 6) is -0.579. The van der Waals surface area contributed by atoms with Crippen molar-refractivity contribution >= 4 is 17.4 Å². The third kappa shape index (κ3) is 4.59. The van der Waals surface area contributed by atoms with E-state index in [1.807, 2.05) is 35.0 Å². The van der Waals surface area contributed by atoms with Crippen molar-refractivity contribution in [2.24, 2.45) is 0 Å².